The highest BCUT2D eigenvalue weighted by Crippen LogP contribution is 2.30. The fraction of sp³-hybridized carbons (Fsp3) is 0.550. The summed E-state index contributed by atoms with van der Waals surface area (Å²) in [4.78, 5) is 40.5. The molecule has 2 fully saturated rings. The van der Waals surface area contributed by atoms with Gasteiger partial charge >= 0.3 is 6.03 Å². The molecule has 0 bridgehead atoms. The number of urea groups is 1. The maximum absolute atomic E-state index is 13.2. The fourth-order valence-corrected chi connectivity index (χ4v) is 3.90. The number of rotatable bonds is 4. The number of nitrogens with one attached hydrogen (secondary N) is 1. The highest BCUT2D eigenvalue weighted by Gasteiger charge is 2.49. The first kappa shape index (κ1) is 19.3. The topological polar surface area (TPSA) is 69.7 Å². The van der Waals surface area contributed by atoms with Gasteiger partial charge in [-0.15, -0.1) is 0 Å². The van der Waals surface area contributed by atoms with Gasteiger partial charge in [0.25, 0.3) is 5.91 Å². The molecule has 1 aliphatic carbocycles. The van der Waals surface area contributed by atoms with Crippen LogP contribution in [0.1, 0.15) is 45.1 Å². The second-order valence-corrected chi connectivity index (χ2v) is 7.87. The van der Waals surface area contributed by atoms with Crippen LogP contribution in [0.25, 0.3) is 0 Å². The zero-order chi connectivity index (χ0) is 19.8. The first-order chi connectivity index (χ1) is 12.7. The van der Waals surface area contributed by atoms with Crippen LogP contribution in [0.5, 0.6) is 0 Å². The highest BCUT2D eigenvalue weighted by molar-refractivity contribution is 6.09. The Morgan fingerprint density at radius 2 is 1.81 bits per heavy atom. The van der Waals surface area contributed by atoms with Crippen molar-refractivity contribution in [1.29, 1.82) is 0 Å². The van der Waals surface area contributed by atoms with Gasteiger partial charge in [-0.25, -0.2) is 9.18 Å². The summed E-state index contributed by atoms with van der Waals surface area (Å²) >= 11 is 0. The third kappa shape index (κ3) is 3.68. The average molecular weight is 375 g/mol. The van der Waals surface area contributed by atoms with E-state index in [1.54, 1.807) is 18.9 Å². The lowest BCUT2D eigenvalue weighted by molar-refractivity contribution is -0.139. The summed E-state index contributed by atoms with van der Waals surface area (Å²) in [6.07, 6.45) is 4.04. The van der Waals surface area contributed by atoms with Crippen molar-refractivity contribution in [3.8, 4) is 0 Å². The molecule has 0 aromatic heterocycles. The van der Waals surface area contributed by atoms with Gasteiger partial charge in [0.1, 0.15) is 17.9 Å². The summed E-state index contributed by atoms with van der Waals surface area (Å²) in [6.45, 7) is 3.49. The van der Waals surface area contributed by atoms with E-state index in [0.717, 1.165) is 30.6 Å². The SMILES string of the molecule is CC1CCC(N(C)C(=O)CN2C(=O)N[C@](C)(c3ccc(F)cc3)C2=O)CC1. The zero-order valence-electron chi connectivity index (χ0n) is 16.0. The number of hydrogen-bond donors (Lipinski definition) is 1. The first-order valence-electron chi connectivity index (χ1n) is 9.38. The van der Waals surface area contributed by atoms with Gasteiger partial charge in [0, 0.05) is 13.1 Å². The van der Waals surface area contributed by atoms with Crippen LogP contribution in [0.4, 0.5) is 9.18 Å². The van der Waals surface area contributed by atoms with E-state index in [1.165, 1.54) is 24.3 Å². The number of imide groups is 1. The number of carbonyl (C=O) groups excluding carboxylic acids is 3. The Labute approximate surface area is 158 Å². The number of nitrogens with zero attached hydrogens (tertiary/aromatic N) is 2. The van der Waals surface area contributed by atoms with E-state index in [0.29, 0.717) is 11.5 Å². The van der Waals surface area contributed by atoms with Crippen molar-refractivity contribution in [3.05, 3.63) is 35.6 Å². The highest BCUT2D eigenvalue weighted by atomic mass is 19.1. The Morgan fingerprint density at radius 1 is 1.22 bits per heavy atom. The van der Waals surface area contributed by atoms with Gasteiger partial charge in [0.2, 0.25) is 5.91 Å². The Hall–Kier alpha value is -2.44. The minimum absolute atomic E-state index is 0.151. The van der Waals surface area contributed by atoms with Crippen molar-refractivity contribution in [2.75, 3.05) is 13.6 Å². The number of likely N-dealkylation sites (N-methyl/N-ethyl adjacent to an activating group) is 1. The monoisotopic (exact) mass is 375 g/mol. The maximum atomic E-state index is 13.2. The van der Waals surface area contributed by atoms with Gasteiger partial charge in [-0.3, -0.25) is 14.5 Å². The quantitative estimate of drug-likeness (QED) is 0.823. The molecule has 4 amide bonds. The van der Waals surface area contributed by atoms with Crippen molar-refractivity contribution in [2.24, 2.45) is 5.92 Å². The molecular formula is C20H26FN3O3. The van der Waals surface area contributed by atoms with Gasteiger partial charge in [0.05, 0.1) is 0 Å². The van der Waals surface area contributed by atoms with Crippen molar-refractivity contribution < 1.29 is 18.8 Å². The minimum Gasteiger partial charge on any atom is -0.341 e. The van der Waals surface area contributed by atoms with Gasteiger partial charge in [-0.1, -0.05) is 19.1 Å². The molecule has 146 valence electrons. The van der Waals surface area contributed by atoms with Crippen LogP contribution < -0.4 is 5.32 Å². The first-order valence-corrected chi connectivity index (χ1v) is 9.38. The van der Waals surface area contributed by atoms with Crippen molar-refractivity contribution in [3.63, 3.8) is 0 Å². The van der Waals surface area contributed by atoms with Crippen LogP contribution in [-0.2, 0) is 15.1 Å². The summed E-state index contributed by atoms with van der Waals surface area (Å²) in [6, 6.07) is 4.96. The van der Waals surface area contributed by atoms with E-state index in [-0.39, 0.29) is 18.5 Å². The Kier molecular flexibility index (Phi) is 5.22. The molecule has 27 heavy (non-hydrogen) atoms. The largest absolute Gasteiger partial charge is 0.341 e. The Balaban J connectivity index is 1.70. The lowest BCUT2D eigenvalue weighted by Gasteiger charge is -2.34. The molecule has 7 heteroatoms. The summed E-state index contributed by atoms with van der Waals surface area (Å²) in [5.41, 5.74) is -0.823. The third-order valence-electron chi connectivity index (χ3n) is 5.92. The molecule has 6 nitrogen and oxygen atoms in total. The van der Waals surface area contributed by atoms with Crippen molar-refractivity contribution in [2.45, 2.75) is 51.1 Å². The molecule has 1 N–H and O–H groups in total. The second kappa shape index (κ2) is 7.29. The maximum Gasteiger partial charge on any atom is 0.325 e. The molecule has 0 radical (unpaired) electrons. The van der Waals surface area contributed by atoms with Crippen LogP contribution in [0.3, 0.4) is 0 Å². The van der Waals surface area contributed by atoms with Gasteiger partial charge < -0.3 is 10.2 Å². The smallest absolute Gasteiger partial charge is 0.325 e. The number of hydrogen-bond acceptors (Lipinski definition) is 3. The second-order valence-electron chi connectivity index (χ2n) is 7.87. The van der Waals surface area contributed by atoms with Gasteiger partial charge in [0.15, 0.2) is 0 Å². The number of carbonyl (C=O) groups is 3. The minimum atomic E-state index is -1.30. The standard InChI is InChI=1S/C20H26FN3O3/c1-13-4-10-16(11-5-13)23(3)17(25)12-24-18(26)20(2,22-19(24)27)14-6-8-15(21)9-7-14/h6-9,13,16H,4-5,10-12H2,1-3H3,(H,22,27)/t13?,16?,20-/m1/s1. The lowest BCUT2D eigenvalue weighted by Crippen LogP contribution is -2.47. The number of amides is 4. The molecular weight excluding hydrogens is 349 g/mol. The molecule has 3 rings (SSSR count). The van der Waals surface area contributed by atoms with Crippen LogP contribution in [0.15, 0.2) is 24.3 Å². The van der Waals surface area contributed by atoms with Gasteiger partial charge in [-0.2, -0.15) is 0 Å². The summed E-state index contributed by atoms with van der Waals surface area (Å²) in [5.74, 6) is -0.499. The molecule has 2 aliphatic rings. The molecule has 0 spiro atoms. The van der Waals surface area contributed by atoms with Crippen LogP contribution in [0, 0.1) is 11.7 Å². The number of benzene rings is 1. The van der Waals surface area contributed by atoms with Gasteiger partial charge in [-0.05, 0) is 56.2 Å². The zero-order valence-corrected chi connectivity index (χ0v) is 16.0. The third-order valence-corrected chi connectivity index (χ3v) is 5.92. The summed E-state index contributed by atoms with van der Waals surface area (Å²) in [7, 11) is 1.74. The molecule has 1 heterocycles. The average Bonchev–Trinajstić information content (AvgIpc) is 2.86. The molecule has 1 atom stereocenters. The van der Waals surface area contributed by atoms with Crippen LogP contribution in [-0.4, -0.2) is 47.3 Å². The molecule has 1 saturated carbocycles. The predicted octanol–water partition coefficient (Wildman–Crippen LogP) is 2.63. The molecule has 1 aromatic carbocycles. The molecule has 0 unspecified atom stereocenters. The van der Waals surface area contributed by atoms with Crippen LogP contribution >= 0.6 is 0 Å². The Morgan fingerprint density at radius 3 is 2.41 bits per heavy atom. The van der Waals surface area contributed by atoms with E-state index in [1.807, 2.05) is 0 Å². The molecule has 1 aliphatic heterocycles. The van der Waals surface area contributed by atoms with Crippen molar-refractivity contribution >= 4 is 17.8 Å². The van der Waals surface area contributed by atoms with E-state index in [2.05, 4.69) is 12.2 Å². The number of halogens is 1. The predicted molar refractivity (Wildman–Crippen MR) is 98.2 cm³/mol. The summed E-state index contributed by atoms with van der Waals surface area (Å²) in [5, 5.41) is 2.64. The lowest BCUT2D eigenvalue weighted by atomic mass is 9.87. The van der Waals surface area contributed by atoms with E-state index in [4.69, 9.17) is 0 Å². The summed E-state index contributed by atoms with van der Waals surface area (Å²) < 4.78 is 13.2. The van der Waals surface area contributed by atoms with E-state index >= 15 is 0 Å². The van der Waals surface area contributed by atoms with Crippen LogP contribution in [0.2, 0.25) is 0 Å². The fourth-order valence-electron chi connectivity index (χ4n) is 3.90. The molecule has 1 aromatic rings. The van der Waals surface area contributed by atoms with E-state index in [9.17, 15) is 18.8 Å². The Bertz CT molecular complexity index is 743. The molecule has 1 saturated heterocycles. The normalized spacial score (nSPS) is 28.2. The van der Waals surface area contributed by atoms with Crippen molar-refractivity contribution in [1.82, 2.24) is 15.1 Å². The van der Waals surface area contributed by atoms with E-state index < -0.39 is 23.3 Å².